The van der Waals surface area contributed by atoms with Crippen molar-refractivity contribution in [1.29, 1.82) is 0 Å². The zero-order valence-electron chi connectivity index (χ0n) is 19.3. The molecule has 0 unspecified atom stereocenters. The predicted molar refractivity (Wildman–Crippen MR) is 128 cm³/mol. The zero-order chi connectivity index (χ0) is 24.5. The van der Waals surface area contributed by atoms with E-state index in [1.165, 1.54) is 0 Å². The van der Waals surface area contributed by atoms with Crippen LogP contribution in [0.4, 0.5) is 11.4 Å². The topological polar surface area (TPSA) is 85.4 Å². The van der Waals surface area contributed by atoms with Crippen LogP contribution < -0.4 is 14.7 Å². The second-order valence-corrected chi connectivity index (χ2v) is 8.21. The van der Waals surface area contributed by atoms with Gasteiger partial charge in [0, 0.05) is 0 Å². The molecule has 0 bridgehead atoms. The van der Waals surface area contributed by atoms with E-state index in [2.05, 4.69) is 0 Å². The Hall–Kier alpha value is -4.17. The van der Waals surface area contributed by atoms with E-state index in [1.54, 1.807) is 43.4 Å². The van der Waals surface area contributed by atoms with Crippen LogP contribution >= 0.6 is 0 Å². The van der Waals surface area contributed by atoms with Crippen molar-refractivity contribution < 1.29 is 28.7 Å². The highest BCUT2D eigenvalue weighted by Crippen LogP contribution is 2.47. The summed E-state index contributed by atoms with van der Waals surface area (Å²) in [5, 5.41) is 1.65. The Morgan fingerprint density at radius 2 is 1.57 bits per heavy atom. The van der Waals surface area contributed by atoms with Gasteiger partial charge in [-0.1, -0.05) is 30.3 Å². The van der Waals surface area contributed by atoms with Gasteiger partial charge in [0.05, 0.1) is 36.7 Å². The molecule has 8 nitrogen and oxygen atoms in total. The number of benzene rings is 3. The Morgan fingerprint density at radius 3 is 2.20 bits per heavy atom. The average Bonchev–Trinajstić information content (AvgIpc) is 3.40. The molecule has 3 aromatic rings. The zero-order valence-corrected chi connectivity index (χ0v) is 19.3. The summed E-state index contributed by atoms with van der Waals surface area (Å²) < 4.78 is 10.3. The summed E-state index contributed by atoms with van der Waals surface area (Å²) in [5.74, 6) is -1.33. The summed E-state index contributed by atoms with van der Waals surface area (Å²) in [6, 6.07) is 22.5. The van der Waals surface area contributed by atoms with Gasteiger partial charge in [0.15, 0.2) is 6.10 Å². The van der Waals surface area contributed by atoms with Crippen molar-refractivity contribution in [2.45, 2.75) is 19.1 Å². The lowest BCUT2D eigenvalue weighted by Gasteiger charge is -2.28. The number of rotatable bonds is 6. The van der Waals surface area contributed by atoms with Gasteiger partial charge in [0.1, 0.15) is 11.7 Å². The van der Waals surface area contributed by atoms with Gasteiger partial charge in [0.25, 0.3) is 5.91 Å². The first-order chi connectivity index (χ1) is 17.0. The number of methoxy groups -OCH3 is 1. The number of ether oxygens (including phenoxy) is 2. The maximum Gasteiger partial charge on any atom is 0.338 e. The molecule has 0 aromatic heterocycles. The lowest BCUT2D eigenvalue weighted by Crippen LogP contribution is -2.37. The summed E-state index contributed by atoms with van der Waals surface area (Å²) in [6.07, 6.45) is -0.973. The number of anilines is 2. The Balaban J connectivity index is 1.50. The number of carbonyl (C=O) groups excluding carboxylic acids is 3. The fraction of sp³-hybridized carbons (Fsp3) is 0.222. The van der Waals surface area contributed by atoms with Crippen LogP contribution in [-0.2, 0) is 19.2 Å². The van der Waals surface area contributed by atoms with Crippen LogP contribution in [0.1, 0.15) is 28.9 Å². The number of amides is 2. The summed E-state index contributed by atoms with van der Waals surface area (Å²) in [4.78, 5) is 46.4. The molecular formula is C27H24N2O6. The molecule has 2 amide bonds. The van der Waals surface area contributed by atoms with E-state index in [9.17, 15) is 14.4 Å². The van der Waals surface area contributed by atoms with Crippen LogP contribution in [0.25, 0.3) is 0 Å². The molecular weight excluding hydrogens is 448 g/mol. The molecule has 2 heterocycles. The molecule has 178 valence electrons. The minimum atomic E-state index is -0.973. The molecule has 35 heavy (non-hydrogen) atoms. The fourth-order valence-electron chi connectivity index (χ4n) is 4.57. The normalized spacial score (nSPS) is 21.3. The lowest BCUT2D eigenvalue weighted by molar-refractivity contribution is -0.126. The second-order valence-electron chi connectivity index (χ2n) is 8.21. The molecule has 0 N–H and O–H groups in total. The monoisotopic (exact) mass is 472 g/mol. The molecule has 8 heteroatoms. The Labute approximate surface area is 202 Å². The molecule has 2 saturated heterocycles. The highest BCUT2D eigenvalue weighted by atomic mass is 16.7. The smallest absolute Gasteiger partial charge is 0.338 e. The van der Waals surface area contributed by atoms with Crippen molar-refractivity contribution in [1.82, 2.24) is 0 Å². The van der Waals surface area contributed by atoms with E-state index < -0.39 is 29.9 Å². The van der Waals surface area contributed by atoms with Gasteiger partial charge in [-0.2, -0.15) is 0 Å². The first-order valence-corrected chi connectivity index (χ1v) is 11.3. The number of hydrogen-bond acceptors (Lipinski definition) is 7. The molecule has 0 saturated carbocycles. The van der Waals surface area contributed by atoms with Gasteiger partial charge in [-0.05, 0) is 61.0 Å². The van der Waals surface area contributed by atoms with Gasteiger partial charge in [0.2, 0.25) is 5.91 Å². The van der Waals surface area contributed by atoms with Crippen LogP contribution in [0.2, 0.25) is 0 Å². The van der Waals surface area contributed by atoms with Gasteiger partial charge >= 0.3 is 5.97 Å². The van der Waals surface area contributed by atoms with Crippen LogP contribution in [0.3, 0.4) is 0 Å². The van der Waals surface area contributed by atoms with E-state index >= 15 is 0 Å². The van der Waals surface area contributed by atoms with E-state index in [1.807, 2.05) is 54.6 Å². The molecule has 5 rings (SSSR count). The number of para-hydroxylation sites is 1. The van der Waals surface area contributed by atoms with Crippen molar-refractivity contribution >= 4 is 29.2 Å². The highest BCUT2D eigenvalue weighted by molar-refractivity contribution is 6.24. The Kier molecular flexibility index (Phi) is 5.96. The largest absolute Gasteiger partial charge is 0.497 e. The van der Waals surface area contributed by atoms with Crippen molar-refractivity contribution in [3.8, 4) is 5.75 Å². The number of carbonyl (C=O) groups is 3. The quantitative estimate of drug-likeness (QED) is 0.397. The van der Waals surface area contributed by atoms with Crippen molar-refractivity contribution in [3.05, 3.63) is 90.0 Å². The number of esters is 1. The first-order valence-electron chi connectivity index (χ1n) is 11.3. The Bertz CT molecular complexity index is 1240. The molecule has 0 radical (unpaired) electrons. The van der Waals surface area contributed by atoms with Crippen molar-refractivity contribution in [3.63, 3.8) is 0 Å². The van der Waals surface area contributed by atoms with Crippen LogP contribution in [-0.4, -0.2) is 37.6 Å². The van der Waals surface area contributed by atoms with E-state index in [4.69, 9.17) is 14.3 Å². The third-order valence-corrected chi connectivity index (χ3v) is 6.22. The third-order valence-electron chi connectivity index (χ3n) is 6.22. The number of fused-ring (bicyclic) bond motifs is 1. The van der Waals surface area contributed by atoms with E-state index in [-0.39, 0.29) is 12.5 Å². The molecule has 0 spiro atoms. The highest BCUT2D eigenvalue weighted by Gasteiger charge is 2.60. The first kappa shape index (κ1) is 22.6. The standard InChI is InChI=1S/C27H24N2O6/c1-3-34-27(32)18-9-13-19(14-10-18)28-25(30)22-23(17-11-15-21(33-2)16-12-17)29(35-24(22)26(28)31)20-7-5-4-6-8-20/h4-16,22-24H,3H2,1-2H3/t22-,23-,24-/m0/s1. The second kappa shape index (κ2) is 9.23. The number of nitrogens with zero attached hydrogens (tertiary/aromatic N) is 2. The summed E-state index contributed by atoms with van der Waals surface area (Å²) in [5.41, 5.74) is 2.29. The molecule has 0 aliphatic carbocycles. The van der Waals surface area contributed by atoms with E-state index in [0.717, 1.165) is 16.2 Å². The maximum absolute atomic E-state index is 13.7. The average molecular weight is 472 g/mol. The lowest BCUT2D eigenvalue weighted by atomic mass is 9.90. The minimum absolute atomic E-state index is 0.259. The van der Waals surface area contributed by atoms with Gasteiger partial charge in [-0.25, -0.2) is 14.8 Å². The summed E-state index contributed by atoms with van der Waals surface area (Å²) in [7, 11) is 1.59. The number of hydroxylamine groups is 1. The van der Waals surface area contributed by atoms with Crippen LogP contribution in [0.5, 0.6) is 5.75 Å². The fourth-order valence-corrected chi connectivity index (χ4v) is 4.57. The molecule has 2 aliphatic rings. The molecule has 2 aliphatic heterocycles. The Morgan fingerprint density at radius 1 is 0.886 bits per heavy atom. The third kappa shape index (κ3) is 3.91. The molecule has 3 atom stereocenters. The van der Waals surface area contributed by atoms with Gasteiger partial charge in [-0.15, -0.1) is 0 Å². The maximum atomic E-state index is 13.7. The summed E-state index contributed by atoms with van der Waals surface area (Å²) >= 11 is 0. The van der Waals surface area contributed by atoms with Crippen molar-refractivity contribution in [2.24, 2.45) is 5.92 Å². The minimum Gasteiger partial charge on any atom is -0.497 e. The van der Waals surface area contributed by atoms with Crippen LogP contribution in [0.15, 0.2) is 78.9 Å². The summed E-state index contributed by atoms with van der Waals surface area (Å²) in [6.45, 7) is 1.99. The number of imide groups is 1. The van der Waals surface area contributed by atoms with Crippen molar-refractivity contribution in [2.75, 3.05) is 23.7 Å². The predicted octanol–water partition coefficient (Wildman–Crippen LogP) is 3.92. The molecule has 3 aromatic carbocycles. The van der Waals surface area contributed by atoms with Crippen LogP contribution in [0, 0.1) is 5.92 Å². The van der Waals surface area contributed by atoms with Gasteiger partial charge in [-0.3, -0.25) is 14.4 Å². The number of hydrogen-bond donors (Lipinski definition) is 0. The van der Waals surface area contributed by atoms with E-state index in [0.29, 0.717) is 17.0 Å². The van der Waals surface area contributed by atoms with Gasteiger partial charge < -0.3 is 9.47 Å². The SMILES string of the molecule is CCOC(=O)c1ccc(N2C(=O)[C@@H]3[C@H](ON(c4ccccc4)[C@H]3c3ccc(OC)cc3)C2=O)cc1. The molecule has 2 fully saturated rings.